The van der Waals surface area contributed by atoms with Gasteiger partial charge in [-0.15, -0.1) is 0 Å². The van der Waals surface area contributed by atoms with Gasteiger partial charge in [-0.1, -0.05) is 11.3 Å². The van der Waals surface area contributed by atoms with E-state index < -0.39 is 15.9 Å². The maximum absolute atomic E-state index is 13.3. The molecule has 3 aromatic rings. The van der Waals surface area contributed by atoms with Gasteiger partial charge in [0.1, 0.15) is 0 Å². The van der Waals surface area contributed by atoms with E-state index in [9.17, 15) is 13.2 Å². The minimum Gasteiger partial charge on any atom is -0.490 e. The summed E-state index contributed by atoms with van der Waals surface area (Å²) in [7, 11) is -3.88. The van der Waals surface area contributed by atoms with Crippen LogP contribution in [-0.4, -0.2) is 51.9 Å². The Kier molecular flexibility index (Phi) is 9.49. The van der Waals surface area contributed by atoms with Crippen molar-refractivity contribution in [2.75, 3.05) is 33.0 Å². The first-order valence-corrected chi connectivity index (χ1v) is 14.0. The standard InChI is InChI=1S/C24H31N3O7S2/c1-5-31-12-11-27-18-10-9-17(36(25,29)30)15-21(18)35-24(27)26-23(28)16-13-19(32-6-2)22(34-8-4)20(14-16)33-7-3/h9-10,13-15H,5-8,11-12H2,1-4H3,(H2,25,29,30). The summed E-state index contributed by atoms with van der Waals surface area (Å²) in [6, 6.07) is 7.73. The highest BCUT2D eigenvalue weighted by Crippen LogP contribution is 2.39. The van der Waals surface area contributed by atoms with Crippen molar-refractivity contribution in [3.8, 4) is 17.2 Å². The molecule has 0 fully saturated rings. The van der Waals surface area contributed by atoms with Gasteiger partial charge in [0.15, 0.2) is 16.3 Å². The van der Waals surface area contributed by atoms with Crippen LogP contribution in [0, 0.1) is 0 Å². The van der Waals surface area contributed by atoms with Crippen LogP contribution in [0.4, 0.5) is 0 Å². The highest BCUT2D eigenvalue weighted by molar-refractivity contribution is 7.89. The lowest BCUT2D eigenvalue weighted by atomic mass is 10.1. The topological polar surface area (TPSA) is 131 Å². The van der Waals surface area contributed by atoms with Gasteiger partial charge in [-0.3, -0.25) is 4.79 Å². The molecule has 3 rings (SSSR count). The molecular formula is C24H31N3O7S2. The van der Waals surface area contributed by atoms with Crippen LogP contribution < -0.4 is 24.2 Å². The van der Waals surface area contributed by atoms with Crippen LogP contribution in [0.15, 0.2) is 40.2 Å². The normalized spacial score (nSPS) is 12.2. The summed E-state index contributed by atoms with van der Waals surface area (Å²) < 4.78 is 48.7. The Morgan fingerprint density at radius 3 is 2.17 bits per heavy atom. The molecule has 0 saturated heterocycles. The van der Waals surface area contributed by atoms with Gasteiger partial charge in [0.05, 0.1) is 41.5 Å². The molecule has 0 bridgehead atoms. The number of rotatable bonds is 12. The van der Waals surface area contributed by atoms with E-state index >= 15 is 0 Å². The molecule has 0 aliphatic rings. The number of nitrogens with two attached hydrogens (primary N) is 1. The van der Waals surface area contributed by atoms with Crippen LogP contribution in [0.1, 0.15) is 38.1 Å². The molecule has 36 heavy (non-hydrogen) atoms. The Hall–Kier alpha value is -2.93. The molecule has 0 aliphatic heterocycles. The molecule has 2 aromatic carbocycles. The molecule has 0 unspecified atom stereocenters. The summed E-state index contributed by atoms with van der Waals surface area (Å²) in [5.41, 5.74) is 0.986. The third-order valence-electron chi connectivity index (χ3n) is 5.00. The predicted molar refractivity (Wildman–Crippen MR) is 138 cm³/mol. The molecule has 1 heterocycles. The van der Waals surface area contributed by atoms with E-state index in [-0.39, 0.29) is 10.5 Å². The minimum atomic E-state index is -3.88. The Bertz CT molecular complexity index is 1370. The van der Waals surface area contributed by atoms with E-state index in [4.69, 9.17) is 24.1 Å². The third-order valence-corrected chi connectivity index (χ3v) is 6.95. The average molecular weight is 538 g/mol. The molecule has 0 radical (unpaired) electrons. The van der Waals surface area contributed by atoms with Crippen LogP contribution >= 0.6 is 11.3 Å². The van der Waals surface area contributed by atoms with E-state index in [2.05, 4.69) is 4.99 Å². The van der Waals surface area contributed by atoms with Crippen LogP contribution in [-0.2, 0) is 21.3 Å². The van der Waals surface area contributed by atoms with Crippen molar-refractivity contribution < 1.29 is 32.2 Å². The maximum Gasteiger partial charge on any atom is 0.279 e. The van der Waals surface area contributed by atoms with Crippen molar-refractivity contribution in [3.63, 3.8) is 0 Å². The number of thiazole rings is 1. The van der Waals surface area contributed by atoms with Crippen molar-refractivity contribution in [1.29, 1.82) is 0 Å². The van der Waals surface area contributed by atoms with Crippen molar-refractivity contribution in [3.05, 3.63) is 40.7 Å². The van der Waals surface area contributed by atoms with Gasteiger partial charge in [-0.25, -0.2) is 13.6 Å². The van der Waals surface area contributed by atoms with Gasteiger partial charge in [0.25, 0.3) is 5.91 Å². The van der Waals surface area contributed by atoms with Gasteiger partial charge in [-0.05, 0) is 58.0 Å². The molecule has 10 nitrogen and oxygen atoms in total. The van der Waals surface area contributed by atoms with Crippen molar-refractivity contribution in [1.82, 2.24) is 4.57 Å². The Balaban J connectivity index is 2.15. The fourth-order valence-electron chi connectivity index (χ4n) is 3.50. The molecule has 1 aromatic heterocycles. The van der Waals surface area contributed by atoms with Gasteiger partial charge in [0, 0.05) is 18.7 Å². The molecule has 0 atom stereocenters. The molecule has 2 N–H and O–H groups in total. The number of primary sulfonamides is 1. The van der Waals surface area contributed by atoms with Gasteiger partial charge in [-0.2, -0.15) is 4.99 Å². The van der Waals surface area contributed by atoms with E-state index in [1.807, 2.05) is 32.3 Å². The number of sulfonamides is 1. The van der Waals surface area contributed by atoms with Crippen LogP contribution in [0.2, 0.25) is 0 Å². The Morgan fingerprint density at radius 2 is 1.61 bits per heavy atom. The summed E-state index contributed by atoms with van der Waals surface area (Å²) in [5, 5.41) is 5.30. The largest absolute Gasteiger partial charge is 0.490 e. The monoisotopic (exact) mass is 537 g/mol. The van der Waals surface area contributed by atoms with Crippen molar-refractivity contribution >= 4 is 37.5 Å². The van der Waals surface area contributed by atoms with E-state index in [0.29, 0.717) is 66.3 Å². The first-order chi connectivity index (χ1) is 17.2. The fourth-order valence-corrected chi connectivity index (χ4v) is 5.20. The van der Waals surface area contributed by atoms with E-state index in [1.165, 1.54) is 23.5 Å². The lowest BCUT2D eigenvalue weighted by molar-refractivity contribution is 0.0995. The molecule has 0 aliphatic carbocycles. The first-order valence-electron chi connectivity index (χ1n) is 11.6. The van der Waals surface area contributed by atoms with Gasteiger partial charge < -0.3 is 23.5 Å². The number of benzene rings is 2. The summed E-state index contributed by atoms with van der Waals surface area (Å²) in [4.78, 5) is 18.1. The summed E-state index contributed by atoms with van der Waals surface area (Å²) >= 11 is 1.19. The van der Waals surface area contributed by atoms with Crippen LogP contribution in [0.25, 0.3) is 10.2 Å². The number of ether oxygens (including phenoxy) is 4. The lowest BCUT2D eigenvalue weighted by Crippen LogP contribution is -2.20. The smallest absolute Gasteiger partial charge is 0.279 e. The number of fused-ring (bicyclic) bond motifs is 1. The van der Waals surface area contributed by atoms with Crippen molar-refractivity contribution in [2.24, 2.45) is 10.1 Å². The lowest BCUT2D eigenvalue weighted by Gasteiger charge is -2.16. The molecule has 1 amide bonds. The number of carbonyl (C=O) groups is 1. The number of hydrogen-bond acceptors (Lipinski definition) is 8. The van der Waals surface area contributed by atoms with Gasteiger partial charge in [0.2, 0.25) is 15.8 Å². The summed E-state index contributed by atoms with van der Waals surface area (Å²) in [6.45, 7) is 9.92. The first kappa shape index (κ1) is 27.7. The highest BCUT2D eigenvalue weighted by atomic mass is 32.2. The number of nitrogens with zero attached hydrogens (tertiary/aromatic N) is 2. The highest BCUT2D eigenvalue weighted by Gasteiger charge is 2.19. The van der Waals surface area contributed by atoms with E-state index in [1.54, 1.807) is 18.2 Å². The number of aromatic nitrogens is 1. The zero-order chi connectivity index (χ0) is 26.3. The predicted octanol–water partition coefficient (Wildman–Crippen LogP) is 3.32. The number of carbonyl (C=O) groups excluding carboxylic acids is 1. The van der Waals surface area contributed by atoms with Crippen LogP contribution in [0.5, 0.6) is 17.2 Å². The second-order valence-electron chi connectivity index (χ2n) is 7.43. The zero-order valence-corrected chi connectivity index (χ0v) is 22.4. The second-order valence-corrected chi connectivity index (χ2v) is 10.00. The minimum absolute atomic E-state index is 0.0136. The Labute approximate surface area is 214 Å². The molecule has 12 heteroatoms. The maximum atomic E-state index is 13.3. The molecule has 0 spiro atoms. The average Bonchev–Trinajstić information content (AvgIpc) is 3.17. The molecular weight excluding hydrogens is 506 g/mol. The molecule has 0 saturated carbocycles. The summed E-state index contributed by atoms with van der Waals surface area (Å²) in [6.07, 6.45) is 0. The molecule has 196 valence electrons. The zero-order valence-electron chi connectivity index (χ0n) is 20.8. The SMILES string of the molecule is CCOCCn1c(=NC(=O)c2cc(OCC)c(OCC)c(OCC)c2)sc2cc(S(N)(=O)=O)ccc21. The van der Waals surface area contributed by atoms with Crippen LogP contribution in [0.3, 0.4) is 0 Å². The van der Waals surface area contributed by atoms with E-state index in [0.717, 1.165) is 5.52 Å². The van der Waals surface area contributed by atoms with Crippen molar-refractivity contribution in [2.45, 2.75) is 39.1 Å². The number of hydrogen-bond donors (Lipinski definition) is 1. The number of amides is 1. The van der Waals surface area contributed by atoms with Gasteiger partial charge >= 0.3 is 0 Å². The third kappa shape index (κ3) is 6.44. The fraction of sp³-hybridized carbons (Fsp3) is 0.417. The summed E-state index contributed by atoms with van der Waals surface area (Å²) in [5.74, 6) is 0.703. The quantitative estimate of drug-likeness (QED) is 0.351. The second kappa shape index (κ2) is 12.3. The Morgan fingerprint density at radius 1 is 0.972 bits per heavy atom.